The molecule has 24 heavy (non-hydrogen) atoms. The number of carbonyl (C=O) groups is 1. The van der Waals surface area contributed by atoms with E-state index in [1.807, 2.05) is 29.1 Å². The highest BCUT2D eigenvalue weighted by molar-refractivity contribution is 6.06. The van der Waals surface area contributed by atoms with Crippen molar-refractivity contribution in [2.45, 2.75) is 33.2 Å². The first-order valence-corrected chi connectivity index (χ1v) is 8.42. The summed E-state index contributed by atoms with van der Waals surface area (Å²) in [6.07, 6.45) is 6.21. The molecule has 0 aliphatic heterocycles. The minimum Gasteiger partial charge on any atom is -0.348 e. The molecule has 2 aromatic heterocycles. The maximum Gasteiger partial charge on any atom is 0.255 e. The highest BCUT2D eigenvalue weighted by atomic mass is 16.1. The SMILES string of the molecule is Cc1c(C)n(C)c2ccc(C(=O)Nc3cnn(CC4CC4)c3)cc12. The number of nitrogens with zero attached hydrogens (tertiary/aromatic N) is 3. The lowest BCUT2D eigenvalue weighted by Crippen LogP contribution is -2.11. The maximum absolute atomic E-state index is 12.5. The van der Waals surface area contributed by atoms with E-state index < -0.39 is 0 Å². The van der Waals surface area contributed by atoms with Crippen LogP contribution in [-0.2, 0) is 13.6 Å². The van der Waals surface area contributed by atoms with Gasteiger partial charge in [-0.05, 0) is 56.4 Å². The molecule has 5 heteroatoms. The molecular formula is C19H22N4O. The van der Waals surface area contributed by atoms with E-state index in [1.54, 1.807) is 6.20 Å². The van der Waals surface area contributed by atoms with Gasteiger partial charge in [0.25, 0.3) is 5.91 Å². The molecule has 1 saturated carbocycles. The Balaban J connectivity index is 1.56. The van der Waals surface area contributed by atoms with Crippen molar-refractivity contribution in [3.8, 4) is 0 Å². The highest BCUT2D eigenvalue weighted by Gasteiger charge is 2.22. The van der Waals surface area contributed by atoms with E-state index >= 15 is 0 Å². The third kappa shape index (κ3) is 2.60. The predicted octanol–water partition coefficient (Wildman–Crippen LogP) is 3.65. The standard InChI is InChI=1S/C19H22N4O/c1-12-13(2)22(3)18-7-6-15(8-17(12)18)19(24)21-16-9-20-23(11-16)10-14-4-5-14/h6-9,11,14H,4-5,10H2,1-3H3,(H,21,24). The minimum absolute atomic E-state index is 0.0937. The normalized spacial score (nSPS) is 14.3. The van der Waals surface area contributed by atoms with E-state index in [4.69, 9.17) is 0 Å². The number of rotatable bonds is 4. The van der Waals surface area contributed by atoms with E-state index in [-0.39, 0.29) is 5.91 Å². The van der Waals surface area contributed by atoms with Crippen molar-refractivity contribution in [2.75, 3.05) is 5.32 Å². The smallest absolute Gasteiger partial charge is 0.255 e. The van der Waals surface area contributed by atoms with Crippen LogP contribution in [0.2, 0.25) is 0 Å². The largest absolute Gasteiger partial charge is 0.348 e. The van der Waals surface area contributed by atoms with E-state index in [0.29, 0.717) is 5.56 Å². The molecule has 4 rings (SSSR count). The molecule has 1 aromatic carbocycles. The van der Waals surface area contributed by atoms with Crippen LogP contribution in [0.5, 0.6) is 0 Å². The van der Waals surface area contributed by atoms with Crippen LogP contribution in [0.3, 0.4) is 0 Å². The van der Waals surface area contributed by atoms with Crippen molar-refractivity contribution < 1.29 is 4.79 Å². The number of fused-ring (bicyclic) bond motifs is 1. The van der Waals surface area contributed by atoms with Gasteiger partial charge < -0.3 is 9.88 Å². The Hall–Kier alpha value is -2.56. The monoisotopic (exact) mass is 322 g/mol. The second kappa shape index (κ2) is 5.51. The fourth-order valence-electron chi connectivity index (χ4n) is 3.19. The number of hydrogen-bond donors (Lipinski definition) is 1. The second-order valence-electron chi connectivity index (χ2n) is 6.85. The fourth-order valence-corrected chi connectivity index (χ4v) is 3.19. The Kier molecular flexibility index (Phi) is 3.44. The topological polar surface area (TPSA) is 51.9 Å². The average Bonchev–Trinajstić information content (AvgIpc) is 3.25. The van der Waals surface area contributed by atoms with Crippen molar-refractivity contribution in [3.05, 3.63) is 47.4 Å². The Morgan fingerprint density at radius 1 is 1.33 bits per heavy atom. The number of nitrogens with one attached hydrogen (secondary N) is 1. The van der Waals surface area contributed by atoms with Crippen LogP contribution in [0.4, 0.5) is 5.69 Å². The number of benzene rings is 1. The second-order valence-corrected chi connectivity index (χ2v) is 6.85. The number of carbonyl (C=O) groups excluding carboxylic acids is 1. The predicted molar refractivity (Wildman–Crippen MR) is 95.3 cm³/mol. The van der Waals surface area contributed by atoms with Gasteiger partial charge in [0.2, 0.25) is 0 Å². The minimum atomic E-state index is -0.0937. The summed E-state index contributed by atoms with van der Waals surface area (Å²) in [5.41, 5.74) is 5.02. The fraction of sp³-hybridized carbons (Fsp3) is 0.368. The van der Waals surface area contributed by atoms with Gasteiger partial charge in [-0.3, -0.25) is 9.48 Å². The molecule has 1 aliphatic rings. The molecule has 0 unspecified atom stereocenters. The third-order valence-corrected chi connectivity index (χ3v) is 5.10. The van der Waals surface area contributed by atoms with Gasteiger partial charge in [-0.1, -0.05) is 0 Å². The molecule has 5 nitrogen and oxygen atoms in total. The third-order valence-electron chi connectivity index (χ3n) is 5.10. The lowest BCUT2D eigenvalue weighted by atomic mass is 10.1. The highest BCUT2D eigenvalue weighted by Crippen LogP contribution is 2.30. The molecule has 2 heterocycles. The summed E-state index contributed by atoms with van der Waals surface area (Å²) in [5.74, 6) is 0.670. The summed E-state index contributed by atoms with van der Waals surface area (Å²) in [4.78, 5) is 12.5. The lowest BCUT2D eigenvalue weighted by molar-refractivity contribution is 0.102. The van der Waals surface area contributed by atoms with E-state index in [2.05, 4.69) is 35.9 Å². The van der Waals surface area contributed by atoms with Gasteiger partial charge in [-0.15, -0.1) is 0 Å². The van der Waals surface area contributed by atoms with Crippen LogP contribution >= 0.6 is 0 Å². The number of aromatic nitrogens is 3. The first-order chi connectivity index (χ1) is 11.5. The van der Waals surface area contributed by atoms with Gasteiger partial charge in [-0.2, -0.15) is 5.10 Å². The summed E-state index contributed by atoms with van der Waals surface area (Å²) in [5, 5.41) is 8.40. The molecule has 3 aromatic rings. The van der Waals surface area contributed by atoms with Crippen LogP contribution in [0.15, 0.2) is 30.6 Å². The Morgan fingerprint density at radius 2 is 2.12 bits per heavy atom. The molecule has 1 fully saturated rings. The zero-order valence-corrected chi connectivity index (χ0v) is 14.3. The van der Waals surface area contributed by atoms with Crippen LogP contribution in [0.25, 0.3) is 10.9 Å². The molecule has 0 spiro atoms. The molecule has 1 N–H and O–H groups in total. The zero-order valence-electron chi connectivity index (χ0n) is 14.3. The summed E-state index contributed by atoms with van der Waals surface area (Å²) < 4.78 is 4.08. The molecule has 0 atom stereocenters. The van der Waals surface area contributed by atoms with Crippen molar-refractivity contribution >= 4 is 22.5 Å². The molecule has 0 bridgehead atoms. The quantitative estimate of drug-likeness (QED) is 0.797. The number of amides is 1. The molecule has 0 radical (unpaired) electrons. The van der Waals surface area contributed by atoms with Crippen molar-refractivity contribution in [3.63, 3.8) is 0 Å². The average molecular weight is 322 g/mol. The number of anilines is 1. The first kappa shape index (κ1) is 15.0. The summed E-state index contributed by atoms with van der Waals surface area (Å²) in [6.45, 7) is 5.15. The Morgan fingerprint density at radius 3 is 2.88 bits per heavy atom. The van der Waals surface area contributed by atoms with E-state index in [9.17, 15) is 4.79 Å². The molecule has 124 valence electrons. The molecular weight excluding hydrogens is 300 g/mol. The summed E-state index contributed by atoms with van der Waals surface area (Å²) in [6, 6.07) is 5.87. The molecule has 1 aliphatic carbocycles. The van der Waals surface area contributed by atoms with Gasteiger partial charge in [0.15, 0.2) is 0 Å². The maximum atomic E-state index is 12.5. The van der Waals surface area contributed by atoms with Crippen molar-refractivity contribution in [2.24, 2.45) is 13.0 Å². The molecule has 1 amide bonds. The first-order valence-electron chi connectivity index (χ1n) is 8.42. The van der Waals surface area contributed by atoms with Gasteiger partial charge in [0, 0.05) is 41.9 Å². The lowest BCUT2D eigenvalue weighted by Gasteiger charge is -2.04. The van der Waals surface area contributed by atoms with Crippen LogP contribution < -0.4 is 5.32 Å². The molecule has 0 saturated heterocycles. The van der Waals surface area contributed by atoms with Crippen molar-refractivity contribution in [1.29, 1.82) is 0 Å². The summed E-state index contributed by atoms with van der Waals surface area (Å²) >= 11 is 0. The van der Waals surface area contributed by atoms with Crippen LogP contribution in [-0.4, -0.2) is 20.3 Å². The van der Waals surface area contributed by atoms with E-state index in [1.165, 1.54) is 24.1 Å². The van der Waals surface area contributed by atoms with Crippen LogP contribution in [0, 0.1) is 19.8 Å². The van der Waals surface area contributed by atoms with Gasteiger partial charge >= 0.3 is 0 Å². The van der Waals surface area contributed by atoms with Crippen LogP contribution in [0.1, 0.15) is 34.5 Å². The van der Waals surface area contributed by atoms with Gasteiger partial charge in [0.1, 0.15) is 0 Å². The van der Waals surface area contributed by atoms with Gasteiger partial charge in [-0.25, -0.2) is 0 Å². The number of hydrogen-bond acceptors (Lipinski definition) is 2. The van der Waals surface area contributed by atoms with E-state index in [0.717, 1.165) is 29.1 Å². The summed E-state index contributed by atoms with van der Waals surface area (Å²) in [7, 11) is 2.05. The Bertz CT molecular complexity index is 930. The zero-order chi connectivity index (χ0) is 16.8. The van der Waals surface area contributed by atoms with Gasteiger partial charge in [0.05, 0.1) is 11.9 Å². The number of aryl methyl sites for hydroxylation is 2. The van der Waals surface area contributed by atoms with Crippen molar-refractivity contribution in [1.82, 2.24) is 14.3 Å². The Labute approximate surface area is 141 Å².